The van der Waals surface area contributed by atoms with Gasteiger partial charge >= 0.3 is 5.97 Å². The molecule has 1 aromatic carbocycles. The summed E-state index contributed by atoms with van der Waals surface area (Å²) in [6, 6.07) is 6.44. The Balaban J connectivity index is 2.15. The standard InChI is InChI=1S/C14H18N4O3/c1-9(2)8-12(15-10(3)19)14(20)21-18-13-7-5-4-6-11(13)16-17-18/h4-7,9,12H,8H2,1-3H3,(H,15,19). The predicted molar refractivity (Wildman–Crippen MR) is 76.2 cm³/mol. The first-order chi connectivity index (χ1) is 9.97. The molecule has 21 heavy (non-hydrogen) atoms. The zero-order chi connectivity index (χ0) is 15.4. The van der Waals surface area contributed by atoms with Gasteiger partial charge in [-0.05, 0) is 29.7 Å². The molecule has 2 rings (SSSR count). The van der Waals surface area contributed by atoms with Crippen molar-refractivity contribution in [2.24, 2.45) is 5.92 Å². The van der Waals surface area contributed by atoms with Crippen LogP contribution in [0.25, 0.3) is 11.0 Å². The predicted octanol–water partition coefficient (Wildman–Crippen LogP) is 0.937. The molecule has 0 aliphatic rings. The van der Waals surface area contributed by atoms with Crippen LogP contribution in [0.3, 0.4) is 0 Å². The Bertz CT molecular complexity index is 650. The monoisotopic (exact) mass is 290 g/mol. The highest BCUT2D eigenvalue weighted by Crippen LogP contribution is 2.10. The molecule has 0 bridgehead atoms. The van der Waals surface area contributed by atoms with Crippen LogP contribution in [-0.2, 0) is 9.59 Å². The summed E-state index contributed by atoms with van der Waals surface area (Å²) in [7, 11) is 0. The Morgan fingerprint density at radius 3 is 2.71 bits per heavy atom. The molecule has 0 fully saturated rings. The van der Waals surface area contributed by atoms with Gasteiger partial charge in [0.05, 0.1) is 0 Å². The van der Waals surface area contributed by atoms with Gasteiger partial charge in [-0.1, -0.05) is 30.8 Å². The van der Waals surface area contributed by atoms with E-state index in [2.05, 4.69) is 15.6 Å². The number of nitrogens with zero attached hydrogens (tertiary/aromatic N) is 3. The van der Waals surface area contributed by atoms with E-state index in [0.717, 1.165) is 4.85 Å². The van der Waals surface area contributed by atoms with Crippen LogP contribution in [0.4, 0.5) is 0 Å². The van der Waals surface area contributed by atoms with Crippen LogP contribution in [0.5, 0.6) is 0 Å². The lowest BCUT2D eigenvalue weighted by atomic mass is 10.0. The van der Waals surface area contributed by atoms with Gasteiger partial charge in [0.1, 0.15) is 17.1 Å². The topological polar surface area (TPSA) is 86.1 Å². The van der Waals surface area contributed by atoms with E-state index in [1.54, 1.807) is 18.2 Å². The van der Waals surface area contributed by atoms with Gasteiger partial charge in [-0.25, -0.2) is 4.79 Å². The highest BCUT2D eigenvalue weighted by molar-refractivity contribution is 5.84. The second-order valence-corrected chi connectivity index (χ2v) is 5.24. The van der Waals surface area contributed by atoms with Gasteiger partial charge in [-0.3, -0.25) is 4.79 Å². The molecule has 1 atom stereocenters. The fraction of sp³-hybridized carbons (Fsp3) is 0.429. The van der Waals surface area contributed by atoms with Crippen molar-refractivity contribution in [2.75, 3.05) is 0 Å². The SMILES string of the molecule is CC(=O)NC(CC(C)C)C(=O)On1nnc2ccccc21. The van der Waals surface area contributed by atoms with E-state index >= 15 is 0 Å². The minimum atomic E-state index is -0.703. The number of aromatic nitrogens is 3. The molecule has 7 nitrogen and oxygen atoms in total. The van der Waals surface area contributed by atoms with E-state index in [9.17, 15) is 9.59 Å². The molecule has 1 amide bonds. The molecule has 1 aromatic heterocycles. The second-order valence-electron chi connectivity index (χ2n) is 5.24. The number of benzene rings is 1. The van der Waals surface area contributed by atoms with Crippen molar-refractivity contribution >= 4 is 22.9 Å². The molecule has 0 spiro atoms. The lowest BCUT2D eigenvalue weighted by molar-refractivity contribution is -0.149. The smallest absolute Gasteiger partial charge is 0.343 e. The molecule has 1 heterocycles. The maximum Gasteiger partial charge on any atom is 0.357 e. The molecule has 7 heteroatoms. The fourth-order valence-corrected chi connectivity index (χ4v) is 1.99. The van der Waals surface area contributed by atoms with Crippen LogP contribution in [-0.4, -0.2) is 33.1 Å². The first-order valence-electron chi connectivity index (χ1n) is 6.77. The summed E-state index contributed by atoms with van der Waals surface area (Å²) in [5, 5.41) is 10.3. The number of carbonyl (C=O) groups is 2. The van der Waals surface area contributed by atoms with Crippen LogP contribution >= 0.6 is 0 Å². The average molecular weight is 290 g/mol. The Morgan fingerprint density at radius 1 is 1.33 bits per heavy atom. The van der Waals surface area contributed by atoms with Crippen molar-refractivity contribution in [2.45, 2.75) is 33.2 Å². The highest BCUT2D eigenvalue weighted by Gasteiger charge is 2.24. The van der Waals surface area contributed by atoms with Crippen molar-refractivity contribution in [1.29, 1.82) is 0 Å². The van der Waals surface area contributed by atoms with Gasteiger partial charge in [0.25, 0.3) is 0 Å². The highest BCUT2D eigenvalue weighted by atomic mass is 16.7. The lowest BCUT2D eigenvalue weighted by Gasteiger charge is -2.17. The molecule has 0 saturated heterocycles. The van der Waals surface area contributed by atoms with Gasteiger partial charge in [0.15, 0.2) is 0 Å². The van der Waals surface area contributed by atoms with E-state index in [-0.39, 0.29) is 11.8 Å². The molecule has 0 radical (unpaired) electrons. The van der Waals surface area contributed by atoms with Gasteiger partial charge < -0.3 is 10.2 Å². The molecule has 0 saturated carbocycles. The zero-order valence-corrected chi connectivity index (χ0v) is 12.2. The number of para-hydroxylation sites is 1. The van der Waals surface area contributed by atoms with Crippen LogP contribution in [0.1, 0.15) is 27.2 Å². The second kappa shape index (κ2) is 6.34. The summed E-state index contributed by atoms with van der Waals surface area (Å²) >= 11 is 0. The molecule has 0 aliphatic heterocycles. The van der Waals surface area contributed by atoms with E-state index in [4.69, 9.17) is 4.84 Å². The Labute approximate surface area is 122 Å². The van der Waals surface area contributed by atoms with Gasteiger partial charge in [-0.2, -0.15) is 0 Å². The number of rotatable bonds is 5. The summed E-state index contributed by atoms with van der Waals surface area (Å²) in [5.41, 5.74) is 1.22. The van der Waals surface area contributed by atoms with Crippen molar-refractivity contribution in [3.05, 3.63) is 24.3 Å². The first-order valence-corrected chi connectivity index (χ1v) is 6.77. The van der Waals surface area contributed by atoms with Crippen LogP contribution in [0.2, 0.25) is 0 Å². The quantitative estimate of drug-likeness (QED) is 0.828. The third-order valence-corrected chi connectivity index (χ3v) is 2.87. The molecular formula is C14H18N4O3. The number of carbonyl (C=O) groups excluding carboxylic acids is 2. The molecule has 2 aromatic rings. The molecule has 1 N–H and O–H groups in total. The maximum atomic E-state index is 12.2. The number of hydrogen-bond donors (Lipinski definition) is 1. The first kappa shape index (κ1) is 15.0. The lowest BCUT2D eigenvalue weighted by Crippen LogP contribution is -2.45. The fourth-order valence-electron chi connectivity index (χ4n) is 1.99. The van der Waals surface area contributed by atoms with Gasteiger partial charge in [0, 0.05) is 6.92 Å². The largest absolute Gasteiger partial charge is 0.357 e. The van der Waals surface area contributed by atoms with Crippen molar-refractivity contribution in [3.63, 3.8) is 0 Å². The van der Waals surface area contributed by atoms with Gasteiger partial charge in [0.2, 0.25) is 5.91 Å². The van der Waals surface area contributed by atoms with E-state index in [1.807, 2.05) is 19.9 Å². The number of hydrogen-bond acceptors (Lipinski definition) is 5. The summed E-state index contributed by atoms with van der Waals surface area (Å²) in [4.78, 5) is 29.7. The zero-order valence-electron chi connectivity index (χ0n) is 12.2. The third-order valence-electron chi connectivity index (χ3n) is 2.87. The number of fused-ring (bicyclic) bond motifs is 1. The summed E-state index contributed by atoms with van der Waals surface area (Å²) < 4.78 is 0. The van der Waals surface area contributed by atoms with Gasteiger partial charge in [-0.15, -0.1) is 5.10 Å². The van der Waals surface area contributed by atoms with E-state index in [0.29, 0.717) is 17.5 Å². The molecule has 0 aliphatic carbocycles. The number of amides is 1. The summed E-state index contributed by atoms with van der Waals surface area (Å²) in [6.07, 6.45) is 0.491. The minimum Gasteiger partial charge on any atom is -0.343 e. The van der Waals surface area contributed by atoms with Crippen LogP contribution < -0.4 is 10.2 Å². The Hall–Kier alpha value is -2.44. The maximum absolute atomic E-state index is 12.2. The summed E-state index contributed by atoms with van der Waals surface area (Å²) in [5.74, 6) is -0.600. The van der Waals surface area contributed by atoms with E-state index < -0.39 is 12.0 Å². The average Bonchev–Trinajstić information content (AvgIpc) is 2.80. The van der Waals surface area contributed by atoms with Crippen molar-refractivity contribution < 1.29 is 14.4 Å². The van der Waals surface area contributed by atoms with Crippen LogP contribution in [0.15, 0.2) is 24.3 Å². The van der Waals surface area contributed by atoms with Crippen LogP contribution in [0, 0.1) is 5.92 Å². The minimum absolute atomic E-state index is 0.238. The molecule has 112 valence electrons. The Kier molecular flexibility index (Phi) is 4.52. The molecule has 1 unspecified atom stereocenters. The molecular weight excluding hydrogens is 272 g/mol. The van der Waals surface area contributed by atoms with Crippen molar-refractivity contribution in [1.82, 2.24) is 20.5 Å². The number of nitrogens with one attached hydrogen (secondary N) is 1. The normalized spacial score (nSPS) is 12.4. The Morgan fingerprint density at radius 2 is 2.05 bits per heavy atom. The summed E-state index contributed by atoms with van der Waals surface area (Å²) in [6.45, 7) is 5.30. The third kappa shape index (κ3) is 3.77. The van der Waals surface area contributed by atoms with Crippen molar-refractivity contribution in [3.8, 4) is 0 Å². The van der Waals surface area contributed by atoms with E-state index in [1.165, 1.54) is 6.92 Å².